The fraction of sp³-hybridized carbons (Fsp3) is 0.533. The van der Waals surface area contributed by atoms with Gasteiger partial charge in [0.1, 0.15) is 0 Å². The van der Waals surface area contributed by atoms with E-state index >= 15 is 0 Å². The highest BCUT2D eigenvalue weighted by atomic mass is 79.9. The summed E-state index contributed by atoms with van der Waals surface area (Å²) in [4.78, 5) is 11.9. The second kappa shape index (κ2) is 6.53. The van der Waals surface area contributed by atoms with Gasteiger partial charge in [0.2, 0.25) is 5.91 Å². The quantitative estimate of drug-likeness (QED) is 0.892. The first-order valence-electron chi connectivity index (χ1n) is 6.49. The molecule has 0 heterocycles. The lowest BCUT2D eigenvalue weighted by molar-refractivity contribution is -0.124. The summed E-state index contributed by atoms with van der Waals surface area (Å²) in [6, 6.07) is 6.00. The van der Waals surface area contributed by atoms with Crippen LogP contribution in [0.1, 0.15) is 38.8 Å². The van der Waals surface area contributed by atoms with Gasteiger partial charge in [0.25, 0.3) is 0 Å². The molecule has 3 nitrogen and oxygen atoms in total. The molecular formula is C15H23BrN2O. The lowest BCUT2D eigenvalue weighted by atomic mass is 10.1. The molecule has 0 aliphatic rings. The van der Waals surface area contributed by atoms with Gasteiger partial charge in [-0.25, -0.2) is 0 Å². The van der Waals surface area contributed by atoms with Crippen molar-refractivity contribution in [2.45, 2.75) is 52.7 Å². The highest BCUT2D eigenvalue weighted by Crippen LogP contribution is 2.17. The van der Waals surface area contributed by atoms with Gasteiger partial charge in [-0.1, -0.05) is 28.1 Å². The molecule has 0 aliphatic heterocycles. The Bertz CT molecular complexity index is 452. The summed E-state index contributed by atoms with van der Waals surface area (Å²) in [5.41, 5.74) is 2.18. The second-order valence-electron chi connectivity index (χ2n) is 5.93. The van der Waals surface area contributed by atoms with Gasteiger partial charge in [-0.2, -0.15) is 0 Å². The van der Waals surface area contributed by atoms with Crippen molar-refractivity contribution in [3.05, 3.63) is 33.8 Å². The van der Waals surface area contributed by atoms with Crippen molar-refractivity contribution in [3.63, 3.8) is 0 Å². The van der Waals surface area contributed by atoms with Crippen LogP contribution in [0.4, 0.5) is 0 Å². The van der Waals surface area contributed by atoms with E-state index in [1.54, 1.807) is 0 Å². The molecule has 0 saturated heterocycles. The average molecular weight is 327 g/mol. The molecule has 1 atom stereocenters. The SMILES string of the molecule is Cc1cc(CNC(C)C(=O)NC(C)(C)C)ccc1Br. The summed E-state index contributed by atoms with van der Waals surface area (Å²) >= 11 is 3.48. The van der Waals surface area contributed by atoms with E-state index in [2.05, 4.69) is 45.6 Å². The lowest BCUT2D eigenvalue weighted by Crippen LogP contribution is -2.49. The van der Waals surface area contributed by atoms with E-state index in [4.69, 9.17) is 0 Å². The minimum absolute atomic E-state index is 0.0290. The maximum Gasteiger partial charge on any atom is 0.237 e. The molecule has 0 aliphatic carbocycles. The summed E-state index contributed by atoms with van der Waals surface area (Å²) in [6.45, 7) is 10.6. The zero-order chi connectivity index (χ0) is 14.6. The van der Waals surface area contributed by atoms with Gasteiger partial charge in [-0.15, -0.1) is 0 Å². The van der Waals surface area contributed by atoms with Crippen molar-refractivity contribution < 1.29 is 4.79 Å². The summed E-state index contributed by atoms with van der Waals surface area (Å²) < 4.78 is 1.11. The van der Waals surface area contributed by atoms with E-state index in [0.29, 0.717) is 6.54 Å². The smallest absolute Gasteiger partial charge is 0.237 e. The van der Waals surface area contributed by atoms with Crippen molar-refractivity contribution in [1.82, 2.24) is 10.6 Å². The largest absolute Gasteiger partial charge is 0.350 e. The predicted octanol–water partition coefficient (Wildman–Crippen LogP) is 3.15. The molecule has 1 amide bonds. The fourth-order valence-electron chi connectivity index (χ4n) is 1.66. The topological polar surface area (TPSA) is 41.1 Å². The Morgan fingerprint density at radius 2 is 2.00 bits per heavy atom. The zero-order valence-corrected chi connectivity index (χ0v) is 13.9. The first-order valence-corrected chi connectivity index (χ1v) is 7.29. The van der Waals surface area contributed by atoms with Crippen LogP contribution in [-0.2, 0) is 11.3 Å². The molecule has 0 radical (unpaired) electrons. The van der Waals surface area contributed by atoms with Crippen LogP contribution in [0.3, 0.4) is 0 Å². The monoisotopic (exact) mass is 326 g/mol. The highest BCUT2D eigenvalue weighted by Gasteiger charge is 2.18. The van der Waals surface area contributed by atoms with Crippen molar-refractivity contribution >= 4 is 21.8 Å². The van der Waals surface area contributed by atoms with E-state index in [1.165, 1.54) is 11.1 Å². The van der Waals surface area contributed by atoms with Crippen LogP contribution in [0, 0.1) is 6.92 Å². The number of halogens is 1. The Labute approximate surface area is 124 Å². The molecule has 1 aromatic rings. The van der Waals surface area contributed by atoms with Crippen LogP contribution in [0.2, 0.25) is 0 Å². The molecule has 19 heavy (non-hydrogen) atoms. The third kappa shape index (κ3) is 5.74. The Morgan fingerprint density at radius 3 is 2.53 bits per heavy atom. The Balaban J connectivity index is 2.52. The lowest BCUT2D eigenvalue weighted by Gasteiger charge is -2.23. The van der Waals surface area contributed by atoms with Crippen molar-refractivity contribution in [2.24, 2.45) is 0 Å². The molecule has 0 saturated carbocycles. The van der Waals surface area contributed by atoms with Crippen LogP contribution in [-0.4, -0.2) is 17.5 Å². The van der Waals surface area contributed by atoms with E-state index in [1.807, 2.05) is 33.8 Å². The minimum atomic E-state index is -0.205. The van der Waals surface area contributed by atoms with Crippen LogP contribution in [0.5, 0.6) is 0 Å². The predicted molar refractivity (Wildman–Crippen MR) is 83.1 cm³/mol. The van der Waals surface area contributed by atoms with Crippen LogP contribution >= 0.6 is 15.9 Å². The molecule has 1 aromatic carbocycles. The number of amides is 1. The summed E-state index contributed by atoms with van der Waals surface area (Å²) in [7, 11) is 0. The molecule has 106 valence electrons. The second-order valence-corrected chi connectivity index (χ2v) is 6.78. The third-order valence-electron chi connectivity index (χ3n) is 2.73. The number of carbonyl (C=O) groups is 1. The zero-order valence-electron chi connectivity index (χ0n) is 12.3. The maximum atomic E-state index is 11.9. The first kappa shape index (κ1) is 16.2. The minimum Gasteiger partial charge on any atom is -0.350 e. The average Bonchev–Trinajstić information content (AvgIpc) is 2.28. The highest BCUT2D eigenvalue weighted by molar-refractivity contribution is 9.10. The molecular weight excluding hydrogens is 304 g/mol. The van der Waals surface area contributed by atoms with Gasteiger partial charge in [-0.05, 0) is 51.8 Å². The van der Waals surface area contributed by atoms with Gasteiger partial charge in [0, 0.05) is 16.6 Å². The number of carbonyl (C=O) groups excluding carboxylic acids is 1. The molecule has 0 aromatic heterocycles. The fourth-order valence-corrected chi connectivity index (χ4v) is 1.90. The van der Waals surface area contributed by atoms with Gasteiger partial charge < -0.3 is 10.6 Å². The maximum absolute atomic E-state index is 11.9. The van der Waals surface area contributed by atoms with Gasteiger partial charge in [0.15, 0.2) is 0 Å². The van der Waals surface area contributed by atoms with Crippen molar-refractivity contribution in [2.75, 3.05) is 0 Å². The number of aryl methyl sites for hydroxylation is 1. The number of hydrogen-bond acceptors (Lipinski definition) is 2. The van der Waals surface area contributed by atoms with Crippen molar-refractivity contribution in [1.29, 1.82) is 0 Å². The van der Waals surface area contributed by atoms with Crippen molar-refractivity contribution in [3.8, 4) is 0 Å². The van der Waals surface area contributed by atoms with Gasteiger partial charge in [-0.3, -0.25) is 4.79 Å². The number of rotatable bonds is 4. The Kier molecular flexibility index (Phi) is 5.56. The Morgan fingerprint density at radius 1 is 1.37 bits per heavy atom. The van der Waals surface area contributed by atoms with Gasteiger partial charge >= 0.3 is 0 Å². The normalized spacial score (nSPS) is 13.2. The molecule has 0 spiro atoms. The van der Waals surface area contributed by atoms with E-state index < -0.39 is 0 Å². The standard InChI is InChI=1S/C15H23BrN2O/c1-10-8-12(6-7-13(10)16)9-17-11(2)14(19)18-15(3,4)5/h6-8,11,17H,9H2,1-5H3,(H,18,19). The molecule has 0 fully saturated rings. The van der Waals surface area contributed by atoms with E-state index in [-0.39, 0.29) is 17.5 Å². The number of nitrogens with one attached hydrogen (secondary N) is 2. The number of hydrogen-bond donors (Lipinski definition) is 2. The first-order chi connectivity index (χ1) is 8.69. The molecule has 2 N–H and O–H groups in total. The van der Waals surface area contributed by atoms with Crippen LogP contribution in [0.25, 0.3) is 0 Å². The molecule has 1 rings (SSSR count). The van der Waals surface area contributed by atoms with Crippen LogP contribution < -0.4 is 10.6 Å². The van der Waals surface area contributed by atoms with Crippen LogP contribution in [0.15, 0.2) is 22.7 Å². The van der Waals surface area contributed by atoms with E-state index in [9.17, 15) is 4.79 Å². The summed E-state index contributed by atoms with van der Waals surface area (Å²) in [5, 5.41) is 6.21. The molecule has 0 bridgehead atoms. The summed E-state index contributed by atoms with van der Waals surface area (Å²) in [5.74, 6) is 0.0290. The number of benzene rings is 1. The molecule has 4 heteroatoms. The molecule has 1 unspecified atom stereocenters. The summed E-state index contributed by atoms with van der Waals surface area (Å²) in [6.07, 6.45) is 0. The Hall–Kier alpha value is -0.870. The third-order valence-corrected chi connectivity index (χ3v) is 3.62. The van der Waals surface area contributed by atoms with Gasteiger partial charge in [0.05, 0.1) is 6.04 Å². The van der Waals surface area contributed by atoms with E-state index in [0.717, 1.165) is 4.47 Å².